The summed E-state index contributed by atoms with van der Waals surface area (Å²) in [6, 6.07) is 17.3. The molecular formula is C23H19BrN4O3S. The van der Waals surface area contributed by atoms with Crippen molar-refractivity contribution in [2.24, 2.45) is 0 Å². The summed E-state index contributed by atoms with van der Waals surface area (Å²) < 4.78 is 25.7. The number of nitrogens with zero attached hydrogens (tertiary/aromatic N) is 3. The van der Waals surface area contributed by atoms with E-state index in [4.69, 9.17) is 5.73 Å². The summed E-state index contributed by atoms with van der Waals surface area (Å²) in [6.45, 7) is 0.129. The molecule has 0 fully saturated rings. The quantitative estimate of drug-likeness (QED) is 0.430. The molecule has 9 heteroatoms. The van der Waals surface area contributed by atoms with Gasteiger partial charge in [0.05, 0.1) is 28.2 Å². The maximum absolute atomic E-state index is 13.5. The number of rotatable bonds is 5. The minimum atomic E-state index is -3.62. The molecule has 2 N–H and O–H groups in total. The van der Waals surface area contributed by atoms with Gasteiger partial charge in [-0.15, -0.1) is 0 Å². The fourth-order valence-electron chi connectivity index (χ4n) is 3.38. The van der Waals surface area contributed by atoms with Gasteiger partial charge in [-0.05, 0) is 54.1 Å². The van der Waals surface area contributed by atoms with Gasteiger partial charge in [-0.1, -0.05) is 28.1 Å². The van der Waals surface area contributed by atoms with Crippen molar-refractivity contribution in [1.82, 2.24) is 9.97 Å². The molecule has 0 aliphatic rings. The lowest BCUT2D eigenvalue weighted by molar-refractivity contribution is 0.0984. The van der Waals surface area contributed by atoms with Crippen LogP contribution in [0.3, 0.4) is 0 Å². The predicted molar refractivity (Wildman–Crippen MR) is 128 cm³/mol. The van der Waals surface area contributed by atoms with Crippen LogP contribution < -0.4 is 10.6 Å². The first-order valence-corrected chi connectivity index (χ1v) is 12.3. The van der Waals surface area contributed by atoms with Crippen LogP contribution in [0.5, 0.6) is 0 Å². The number of sulfone groups is 1. The number of anilines is 2. The summed E-state index contributed by atoms with van der Waals surface area (Å²) in [4.78, 5) is 23.3. The van der Waals surface area contributed by atoms with Crippen molar-refractivity contribution in [3.63, 3.8) is 0 Å². The molecule has 0 atom stereocenters. The van der Waals surface area contributed by atoms with E-state index in [2.05, 4.69) is 25.9 Å². The first-order valence-electron chi connectivity index (χ1n) is 9.59. The molecule has 0 saturated heterocycles. The van der Waals surface area contributed by atoms with Crippen LogP contribution >= 0.6 is 15.9 Å². The minimum absolute atomic E-state index is 0.0484. The van der Waals surface area contributed by atoms with Gasteiger partial charge in [0, 0.05) is 28.5 Å². The van der Waals surface area contributed by atoms with Crippen LogP contribution in [0.15, 0.2) is 82.4 Å². The summed E-state index contributed by atoms with van der Waals surface area (Å²) in [7, 11) is -3.62. The van der Waals surface area contributed by atoms with E-state index in [0.29, 0.717) is 21.4 Å². The smallest absolute Gasteiger partial charge is 0.260 e. The molecule has 0 aliphatic carbocycles. The first-order chi connectivity index (χ1) is 15.2. The molecule has 162 valence electrons. The number of carbonyl (C=O) groups excluding carboxylic acids is 1. The number of nitrogens with two attached hydrogens (primary N) is 1. The van der Waals surface area contributed by atoms with Crippen molar-refractivity contribution < 1.29 is 13.2 Å². The molecule has 0 saturated carbocycles. The fraction of sp³-hybridized carbons (Fsp3) is 0.0870. The average Bonchev–Trinajstić information content (AvgIpc) is 2.77. The van der Waals surface area contributed by atoms with Crippen LogP contribution in [0, 0.1) is 0 Å². The maximum atomic E-state index is 13.5. The molecule has 1 amide bonds. The van der Waals surface area contributed by atoms with Crippen LogP contribution in [0.2, 0.25) is 0 Å². The maximum Gasteiger partial charge on any atom is 0.260 e. The molecule has 7 nitrogen and oxygen atoms in total. The third-order valence-corrected chi connectivity index (χ3v) is 6.50. The molecule has 0 bridgehead atoms. The summed E-state index contributed by atoms with van der Waals surface area (Å²) in [5, 5.41) is 0.911. The second-order valence-corrected chi connectivity index (χ2v) is 10.2. The Morgan fingerprint density at radius 1 is 1.09 bits per heavy atom. The van der Waals surface area contributed by atoms with Crippen LogP contribution in [0.4, 0.5) is 11.5 Å². The summed E-state index contributed by atoms with van der Waals surface area (Å²) >= 11 is 3.32. The van der Waals surface area contributed by atoms with Crippen molar-refractivity contribution in [2.45, 2.75) is 11.4 Å². The monoisotopic (exact) mass is 510 g/mol. The van der Waals surface area contributed by atoms with Gasteiger partial charge in [0.2, 0.25) is 0 Å². The highest BCUT2D eigenvalue weighted by Crippen LogP contribution is 2.31. The first kappa shape index (κ1) is 21.9. The number of benzene rings is 2. The Bertz CT molecular complexity index is 1430. The fourth-order valence-corrected chi connectivity index (χ4v) is 4.79. The van der Waals surface area contributed by atoms with E-state index in [1.54, 1.807) is 36.5 Å². The number of aromatic nitrogens is 2. The number of halogens is 1. The van der Waals surface area contributed by atoms with Crippen molar-refractivity contribution >= 4 is 54.1 Å². The Balaban J connectivity index is 1.85. The minimum Gasteiger partial charge on any atom is -0.384 e. The molecule has 0 unspecified atom stereocenters. The Morgan fingerprint density at radius 3 is 2.59 bits per heavy atom. The van der Waals surface area contributed by atoms with Gasteiger partial charge in [0.1, 0.15) is 5.82 Å². The van der Waals surface area contributed by atoms with Crippen molar-refractivity contribution in [3.8, 4) is 0 Å². The van der Waals surface area contributed by atoms with Gasteiger partial charge in [-0.3, -0.25) is 9.78 Å². The highest BCUT2D eigenvalue weighted by molar-refractivity contribution is 9.10. The van der Waals surface area contributed by atoms with Crippen molar-refractivity contribution in [2.75, 3.05) is 16.9 Å². The van der Waals surface area contributed by atoms with E-state index >= 15 is 0 Å². The predicted octanol–water partition coefficient (Wildman–Crippen LogP) is 4.23. The number of carbonyl (C=O) groups is 1. The molecule has 2 aromatic heterocycles. The van der Waals surface area contributed by atoms with E-state index in [1.165, 1.54) is 17.2 Å². The van der Waals surface area contributed by atoms with E-state index in [9.17, 15) is 13.2 Å². The Morgan fingerprint density at radius 2 is 1.88 bits per heavy atom. The van der Waals surface area contributed by atoms with Gasteiger partial charge in [0.15, 0.2) is 9.84 Å². The Labute approximate surface area is 194 Å². The molecular weight excluding hydrogens is 492 g/mol. The molecule has 4 aromatic rings. The van der Waals surface area contributed by atoms with Gasteiger partial charge in [-0.25, -0.2) is 13.4 Å². The molecule has 0 radical (unpaired) electrons. The highest BCUT2D eigenvalue weighted by Gasteiger charge is 2.25. The van der Waals surface area contributed by atoms with E-state index in [1.807, 2.05) is 24.3 Å². The Kier molecular flexibility index (Phi) is 5.94. The number of fused-ring (bicyclic) bond motifs is 1. The summed E-state index contributed by atoms with van der Waals surface area (Å²) in [5.74, 6) is 0.0242. The van der Waals surface area contributed by atoms with Crippen molar-refractivity contribution in [1.29, 1.82) is 0 Å². The lowest BCUT2D eigenvalue weighted by Crippen LogP contribution is -2.31. The van der Waals surface area contributed by atoms with E-state index in [0.717, 1.165) is 17.2 Å². The number of amides is 1. The van der Waals surface area contributed by atoms with E-state index in [-0.39, 0.29) is 23.0 Å². The van der Waals surface area contributed by atoms with Crippen LogP contribution in [0.25, 0.3) is 10.9 Å². The standard InChI is InChI=1S/C23H19BrN4O3S/c1-32(30,31)21-12-18(24)7-8-20(21)28(23(29)17-3-2-10-26-13-17)14-15-4-5-16-6-9-22(25)27-19(16)11-15/h2-13H,14H2,1H3,(H2,25,27). The van der Waals surface area contributed by atoms with Crippen molar-refractivity contribution in [3.05, 3.63) is 88.7 Å². The van der Waals surface area contributed by atoms with Crippen LogP contribution in [0.1, 0.15) is 15.9 Å². The highest BCUT2D eigenvalue weighted by atomic mass is 79.9. The van der Waals surface area contributed by atoms with Gasteiger partial charge < -0.3 is 10.6 Å². The molecule has 2 heterocycles. The third-order valence-electron chi connectivity index (χ3n) is 4.88. The number of nitrogen functional groups attached to an aromatic ring is 1. The topological polar surface area (TPSA) is 106 Å². The lowest BCUT2D eigenvalue weighted by atomic mass is 10.1. The molecule has 32 heavy (non-hydrogen) atoms. The molecule has 2 aromatic carbocycles. The number of hydrogen-bond donors (Lipinski definition) is 1. The van der Waals surface area contributed by atoms with Crippen LogP contribution in [-0.2, 0) is 16.4 Å². The Hall–Kier alpha value is -3.30. The molecule has 4 rings (SSSR count). The largest absolute Gasteiger partial charge is 0.384 e. The summed E-state index contributed by atoms with van der Waals surface area (Å²) in [6.07, 6.45) is 4.15. The van der Waals surface area contributed by atoms with Crippen LogP contribution in [-0.4, -0.2) is 30.5 Å². The average molecular weight is 511 g/mol. The second kappa shape index (κ2) is 8.68. The lowest BCUT2D eigenvalue weighted by Gasteiger charge is -2.25. The zero-order valence-corrected chi connectivity index (χ0v) is 19.5. The summed E-state index contributed by atoms with van der Waals surface area (Å²) in [5.41, 5.74) is 7.91. The van der Waals surface area contributed by atoms with Gasteiger partial charge in [0.25, 0.3) is 5.91 Å². The third kappa shape index (κ3) is 4.63. The van der Waals surface area contributed by atoms with Gasteiger partial charge in [-0.2, -0.15) is 0 Å². The van der Waals surface area contributed by atoms with Gasteiger partial charge >= 0.3 is 0 Å². The number of pyridine rings is 2. The van der Waals surface area contributed by atoms with E-state index < -0.39 is 9.84 Å². The zero-order valence-electron chi connectivity index (χ0n) is 17.1. The SMILES string of the molecule is CS(=O)(=O)c1cc(Br)ccc1N(Cc1ccc2ccc(N)nc2c1)C(=O)c1cccnc1. The zero-order chi connectivity index (χ0) is 22.9. The second-order valence-electron chi connectivity index (χ2n) is 7.28. The molecule has 0 aliphatic heterocycles. The normalized spacial score (nSPS) is 11.4. The number of hydrogen-bond acceptors (Lipinski definition) is 6. The molecule has 0 spiro atoms.